The van der Waals surface area contributed by atoms with Crippen molar-refractivity contribution < 1.29 is 14.3 Å². The van der Waals surface area contributed by atoms with Crippen molar-refractivity contribution in [2.24, 2.45) is 0 Å². The maximum Gasteiger partial charge on any atom is 0.410 e. The Balaban J connectivity index is 1.68. The third-order valence-corrected chi connectivity index (χ3v) is 5.99. The lowest BCUT2D eigenvalue weighted by Gasteiger charge is -2.47. The summed E-state index contributed by atoms with van der Waals surface area (Å²) in [4.78, 5) is 15.0. The highest BCUT2D eigenvalue weighted by molar-refractivity contribution is 5.69. The van der Waals surface area contributed by atoms with Gasteiger partial charge in [0.05, 0.1) is 18.2 Å². The van der Waals surface area contributed by atoms with E-state index in [-0.39, 0.29) is 17.7 Å². The zero-order valence-corrected chi connectivity index (χ0v) is 17.6. The summed E-state index contributed by atoms with van der Waals surface area (Å²) >= 11 is 0. The van der Waals surface area contributed by atoms with E-state index in [1.54, 1.807) is 0 Å². The molecule has 4 rings (SSSR count). The molecule has 2 aromatic rings. The zero-order valence-electron chi connectivity index (χ0n) is 17.6. The van der Waals surface area contributed by atoms with Crippen molar-refractivity contribution in [1.29, 1.82) is 0 Å². The number of amides is 1. The minimum Gasteiger partial charge on any atom is -0.444 e. The van der Waals surface area contributed by atoms with Crippen LogP contribution in [0.5, 0.6) is 0 Å². The second-order valence-corrected chi connectivity index (χ2v) is 9.28. The van der Waals surface area contributed by atoms with Crippen molar-refractivity contribution in [2.45, 2.75) is 63.2 Å². The van der Waals surface area contributed by atoms with Crippen LogP contribution >= 0.6 is 0 Å². The lowest BCUT2D eigenvalue weighted by molar-refractivity contribution is -0.0981. The van der Waals surface area contributed by atoms with Gasteiger partial charge in [-0.3, -0.25) is 4.90 Å². The molecule has 1 amide bonds. The fourth-order valence-corrected chi connectivity index (χ4v) is 4.84. The summed E-state index contributed by atoms with van der Waals surface area (Å²) in [6, 6.07) is 20.7. The lowest BCUT2D eigenvalue weighted by atomic mass is 9.76. The van der Waals surface area contributed by atoms with Crippen molar-refractivity contribution in [3.05, 3.63) is 71.8 Å². The standard InChI is InChI=1S/C25H31NO3/c1-24(2,3)29-23(27)26-16-10-15-25(22(26)20-13-8-5-9-14-20)17-21(18-28-25)19-11-6-4-7-12-19/h4-9,11-14,21-22H,10,15-18H2,1-3H3/t21-,22+,25-/m0/s1. The largest absolute Gasteiger partial charge is 0.444 e. The third-order valence-electron chi connectivity index (χ3n) is 5.99. The van der Waals surface area contributed by atoms with E-state index in [2.05, 4.69) is 36.4 Å². The fourth-order valence-electron chi connectivity index (χ4n) is 4.84. The van der Waals surface area contributed by atoms with Crippen LogP contribution < -0.4 is 0 Å². The predicted octanol–water partition coefficient (Wildman–Crippen LogP) is 5.70. The number of ether oxygens (including phenoxy) is 2. The molecule has 0 aliphatic carbocycles. The first kappa shape index (κ1) is 20.0. The molecule has 0 bridgehead atoms. The van der Waals surface area contributed by atoms with Crippen LogP contribution in [0.15, 0.2) is 60.7 Å². The van der Waals surface area contributed by atoms with E-state index < -0.39 is 5.60 Å². The summed E-state index contributed by atoms with van der Waals surface area (Å²) in [6.45, 7) is 7.13. The Morgan fingerprint density at radius 2 is 1.66 bits per heavy atom. The van der Waals surface area contributed by atoms with E-state index in [1.807, 2.05) is 49.9 Å². The molecule has 0 aromatic heterocycles. The molecule has 4 heteroatoms. The van der Waals surface area contributed by atoms with Crippen LogP contribution in [0.3, 0.4) is 0 Å². The first-order valence-corrected chi connectivity index (χ1v) is 10.6. The summed E-state index contributed by atoms with van der Waals surface area (Å²) in [5.74, 6) is 0.348. The quantitative estimate of drug-likeness (QED) is 0.657. The van der Waals surface area contributed by atoms with Gasteiger partial charge in [-0.15, -0.1) is 0 Å². The molecule has 2 aliphatic rings. The highest BCUT2D eigenvalue weighted by atomic mass is 16.6. The van der Waals surface area contributed by atoms with Gasteiger partial charge >= 0.3 is 6.09 Å². The van der Waals surface area contributed by atoms with Crippen LogP contribution in [-0.4, -0.2) is 35.3 Å². The number of rotatable bonds is 2. The Labute approximate surface area is 173 Å². The normalized spacial score (nSPS) is 27.2. The molecule has 2 aromatic carbocycles. The summed E-state index contributed by atoms with van der Waals surface area (Å²) in [5, 5.41) is 0. The monoisotopic (exact) mass is 393 g/mol. The Hall–Kier alpha value is -2.33. The minimum absolute atomic E-state index is 0.138. The number of piperidine rings is 1. The van der Waals surface area contributed by atoms with Crippen LogP contribution in [0, 0.1) is 0 Å². The van der Waals surface area contributed by atoms with Gasteiger partial charge in [-0.1, -0.05) is 60.7 Å². The van der Waals surface area contributed by atoms with Crippen LogP contribution in [0.4, 0.5) is 4.79 Å². The molecule has 154 valence electrons. The van der Waals surface area contributed by atoms with Crippen LogP contribution in [0.25, 0.3) is 0 Å². The van der Waals surface area contributed by atoms with Crippen molar-refractivity contribution in [1.82, 2.24) is 4.90 Å². The first-order valence-electron chi connectivity index (χ1n) is 10.6. The van der Waals surface area contributed by atoms with Gasteiger partial charge in [0.15, 0.2) is 0 Å². The average molecular weight is 394 g/mol. The SMILES string of the molecule is CC(C)(C)OC(=O)N1CCC[C@]2(C[C@H](c3ccccc3)CO2)[C@H]1c1ccccc1. The molecule has 2 aliphatic heterocycles. The molecule has 0 saturated carbocycles. The van der Waals surface area contributed by atoms with Gasteiger partial charge in [0.2, 0.25) is 0 Å². The number of likely N-dealkylation sites (tertiary alicyclic amines) is 1. The summed E-state index contributed by atoms with van der Waals surface area (Å²) < 4.78 is 12.4. The van der Waals surface area contributed by atoms with Gasteiger partial charge < -0.3 is 9.47 Å². The van der Waals surface area contributed by atoms with Gasteiger partial charge in [0, 0.05) is 12.5 Å². The minimum atomic E-state index is -0.522. The molecule has 2 heterocycles. The van der Waals surface area contributed by atoms with Crippen molar-refractivity contribution in [3.8, 4) is 0 Å². The molecule has 0 N–H and O–H groups in total. The molecule has 2 fully saturated rings. The molecule has 3 atom stereocenters. The number of hydrogen-bond donors (Lipinski definition) is 0. The molecule has 4 nitrogen and oxygen atoms in total. The maximum atomic E-state index is 13.1. The number of hydrogen-bond acceptors (Lipinski definition) is 3. The first-order chi connectivity index (χ1) is 13.9. The van der Waals surface area contributed by atoms with Crippen molar-refractivity contribution >= 4 is 6.09 Å². The average Bonchev–Trinajstić information content (AvgIpc) is 3.12. The summed E-state index contributed by atoms with van der Waals surface area (Å²) in [6.07, 6.45) is 2.53. The smallest absolute Gasteiger partial charge is 0.410 e. The van der Waals surface area contributed by atoms with Crippen LogP contribution in [0.1, 0.15) is 63.1 Å². The Morgan fingerprint density at radius 1 is 1.03 bits per heavy atom. The highest BCUT2D eigenvalue weighted by Crippen LogP contribution is 2.51. The molecular weight excluding hydrogens is 362 g/mol. The van der Waals surface area contributed by atoms with E-state index in [0.29, 0.717) is 19.1 Å². The van der Waals surface area contributed by atoms with Gasteiger partial charge in [0.25, 0.3) is 0 Å². The molecule has 29 heavy (non-hydrogen) atoms. The van der Waals surface area contributed by atoms with Gasteiger partial charge in [-0.25, -0.2) is 4.79 Å². The highest BCUT2D eigenvalue weighted by Gasteiger charge is 2.53. The second-order valence-electron chi connectivity index (χ2n) is 9.28. The summed E-state index contributed by atoms with van der Waals surface area (Å²) in [5.41, 5.74) is 1.53. The molecule has 1 spiro atoms. The Morgan fingerprint density at radius 3 is 2.28 bits per heavy atom. The Kier molecular flexibility index (Phi) is 5.39. The fraction of sp³-hybridized carbons (Fsp3) is 0.480. The molecule has 0 unspecified atom stereocenters. The number of benzene rings is 2. The zero-order chi connectivity index (χ0) is 20.5. The van der Waals surface area contributed by atoms with Gasteiger partial charge in [-0.2, -0.15) is 0 Å². The lowest BCUT2D eigenvalue weighted by Crippen LogP contribution is -2.53. The van der Waals surface area contributed by atoms with E-state index in [1.165, 1.54) is 5.56 Å². The maximum absolute atomic E-state index is 13.1. The van der Waals surface area contributed by atoms with Crippen LogP contribution in [0.2, 0.25) is 0 Å². The number of nitrogens with zero attached hydrogens (tertiary/aromatic N) is 1. The van der Waals surface area contributed by atoms with E-state index in [4.69, 9.17) is 9.47 Å². The van der Waals surface area contributed by atoms with Gasteiger partial charge in [0.1, 0.15) is 5.60 Å². The van der Waals surface area contributed by atoms with Gasteiger partial charge in [-0.05, 0) is 51.2 Å². The van der Waals surface area contributed by atoms with E-state index >= 15 is 0 Å². The Bertz CT molecular complexity index is 830. The third kappa shape index (κ3) is 4.18. The van der Waals surface area contributed by atoms with Crippen molar-refractivity contribution in [2.75, 3.05) is 13.2 Å². The second kappa shape index (κ2) is 7.83. The van der Waals surface area contributed by atoms with E-state index in [9.17, 15) is 4.79 Å². The van der Waals surface area contributed by atoms with Crippen molar-refractivity contribution in [3.63, 3.8) is 0 Å². The molecular formula is C25H31NO3. The number of carbonyl (C=O) groups is 1. The predicted molar refractivity (Wildman–Crippen MR) is 114 cm³/mol. The van der Waals surface area contributed by atoms with Crippen LogP contribution in [-0.2, 0) is 9.47 Å². The topological polar surface area (TPSA) is 38.8 Å². The van der Waals surface area contributed by atoms with E-state index in [0.717, 1.165) is 24.8 Å². The summed E-state index contributed by atoms with van der Waals surface area (Å²) in [7, 11) is 0. The molecule has 2 saturated heterocycles. The molecule has 0 radical (unpaired) electrons. The number of carbonyl (C=O) groups excluding carboxylic acids is 1.